The van der Waals surface area contributed by atoms with Crippen LogP contribution in [-0.2, 0) is 23.7 Å². The summed E-state index contributed by atoms with van der Waals surface area (Å²) in [7, 11) is 0. The minimum Gasteiger partial charge on any atom is -0.394 e. The topological polar surface area (TPSA) is 228 Å². The lowest BCUT2D eigenvalue weighted by molar-refractivity contribution is -0.359. The van der Waals surface area contributed by atoms with Crippen LogP contribution in [0.5, 0.6) is 0 Å². The Morgan fingerprint density at radius 1 is 0.440 bits per heavy atom. The molecule has 2 heterocycles. The number of unbranched alkanes of at least 4 members (excludes halogenated alkanes) is 26. The summed E-state index contributed by atoms with van der Waals surface area (Å²) >= 11 is 0. The van der Waals surface area contributed by atoms with E-state index < -0.39 is 86.8 Å². The van der Waals surface area contributed by atoms with Gasteiger partial charge in [0.2, 0.25) is 5.91 Å². The summed E-state index contributed by atoms with van der Waals surface area (Å²) in [5.74, 6) is -0.260. The predicted octanol–water partition coefficient (Wildman–Crippen LogP) is 13.0. The van der Waals surface area contributed by atoms with Gasteiger partial charge in [-0.1, -0.05) is 252 Å². The lowest BCUT2D eigenvalue weighted by Crippen LogP contribution is -2.65. The summed E-state index contributed by atoms with van der Waals surface area (Å²) in [6.07, 6.45) is 58.7. The van der Waals surface area contributed by atoms with Crippen LogP contribution in [0.4, 0.5) is 0 Å². The fourth-order valence-electron chi connectivity index (χ4n) is 10.4. The van der Waals surface area contributed by atoms with E-state index in [1.807, 2.05) is 6.08 Å². The summed E-state index contributed by atoms with van der Waals surface area (Å²) in [5, 5.41) is 87.3. The van der Waals surface area contributed by atoms with Crippen molar-refractivity contribution in [2.75, 3.05) is 19.8 Å². The molecule has 14 nitrogen and oxygen atoms in total. The Hall–Kier alpha value is -3.09. The molecule has 12 atom stereocenters. The zero-order valence-electron chi connectivity index (χ0n) is 52.4. The van der Waals surface area contributed by atoms with Gasteiger partial charge in [-0.15, -0.1) is 0 Å². The minimum atomic E-state index is -1.80. The van der Waals surface area contributed by atoms with Gasteiger partial charge in [-0.3, -0.25) is 4.79 Å². The van der Waals surface area contributed by atoms with E-state index in [1.165, 1.54) is 128 Å². The molecule has 0 aromatic carbocycles. The Kier molecular flexibility index (Phi) is 49.6. The number of allylic oxidation sites excluding steroid dienone is 15. The van der Waals surface area contributed by atoms with Gasteiger partial charge < -0.3 is 65.1 Å². The third-order valence-corrected chi connectivity index (χ3v) is 15.8. The molecule has 9 N–H and O–H groups in total. The van der Waals surface area contributed by atoms with Crippen LogP contribution in [-0.4, -0.2) is 140 Å². The van der Waals surface area contributed by atoms with Crippen LogP contribution in [0, 0.1) is 0 Å². The summed E-state index contributed by atoms with van der Waals surface area (Å²) in [4.78, 5) is 13.3. The number of carbonyl (C=O) groups is 1. The van der Waals surface area contributed by atoms with Crippen molar-refractivity contribution in [2.45, 2.75) is 319 Å². The Labute approximate surface area is 509 Å². The fraction of sp³-hybridized carbons (Fsp3) is 0.757. The van der Waals surface area contributed by atoms with Gasteiger partial charge in [-0.2, -0.15) is 0 Å². The van der Waals surface area contributed by atoms with Crippen LogP contribution in [0.15, 0.2) is 97.2 Å². The van der Waals surface area contributed by atoms with Crippen molar-refractivity contribution in [3.63, 3.8) is 0 Å². The van der Waals surface area contributed by atoms with Crippen molar-refractivity contribution >= 4 is 5.91 Å². The van der Waals surface area contributed by atoms with Crippen LogP contribution in [0.3, 0.4) is 0 Å². The third-order valence-electron chi connectivity index (χ3n) is 15.8. The summed E-state index contributed by atoms with van der Waals surface area (Å²) < 4.78 is 22.8. The van der Waals surface area contributed by atoms with Crippen LogP contribution in [0.25, 0.3) is 0 Å². The maximum atomic E-state index is 13.3. The van der Waals surface area contributed by atoms with Crippen molar-refractivity contribution in [3.8, 4) is 0 Å². The Bertz CT molecular complexity index is 1780. The van der Waals surface area contributed by atoms with Crippen LogP contribution in [0.1, 0.15) is 245 Å². The molecule has 2 aliphatic rings. The molecule has 484 valence electrons. The number of nitrogens with one attached hydrogen (secondary N) is 1. The summed E-state index contributed by atoms with van der Waals surface area (Å²) in [6.45, 7) is 2.67. The number of carbonyl (C=O) groups excluding carboxylic acids is 1. The summed E-state index contributed by atoms with van der Waals surface area (Å²) in [6, 6.07) is -0.944. The number of aliphatic hydroxyl groups is 8. The Balaban J connectivity index is 1.74. The molecule has 12 unspecified atom stereocenters. The normalized spacial score (nSPS) is 24.3. The van der Waals surface area contributed by atoms with Crippen molar-refractivity contribution in [1.82, 2.24) is 5.32 Å². The molecule has 84 heavy (non-hydrogen) atoms. The molecule has 0 radical (unpaired) electrons. The highest BCUT2D eigenvalue weighted by molar-refractivity contribution is 5.76. The first kappa shape index (κ1) is 77.0. The van der Waals surface area contributed by atoms with E-state index in [4.69, 9.17) is 18.9 Å². The molecule has 2 aliphatic heterocycles. The highest BCUT2D eigenvalue weighted by Gasteiger charge is 2.51. The lowest BCUT2D eigenvalue weighted by Gasteiger charge is -2.46. The average molecular weight is 1180 g/mol. The fourth-order valence-corrected chi connectivity index (χ4v) is 10.4. The van der Waals surface area contributed by atoms with E-state index in [0.29, 0.717) is 12.8 Å². The number of amides is 1. The maximum Gasteiger partial charge on any atom is 0.220 e. The van der Waals surface area contributed by atoms with E-state index in [9.17, 15) is 45.6 Å². The smallest absolute Gasteiger partial charge is 0.220 e. The SMILES string of the molecule is CC/C=C\C/C=C\C/C=C\C/C=C\C/C=C\C/C=C\CCCCCCCCCCC(=O)NC(COC1OC(CO)C(OC2OC(CO)C(O)C(O)C2O)C(O)C1O)C(O)/C=C/CC/C=C/CCCCCCCCCCCCCCCCCCC. The highest BCUT2D eigenvalue weighted by atomic mass is 16.7. The minimum absolute atomic E-state index is 0.258. The molecule has 0 aromatic heterocycles. The van der Waals surface area contributed by atoms with Crippen LogP contribution in [0.2, 0.25) is 0 Å². The molecule has 2 fully saturated rings. The Morgan fingerprint density at radius 2 is 0.833 bits per heavy atom. The molecule has 2 saturated heterocycles. The number of hydrogen-bond donors (Lipinski definition) is 9. The van der Waals surface area contributed by atoms with Crippen LogP contribution < -0.4 is 5.32 Å². The molecule has 0 aliphatic carbocycles. The van der Waals surface area contributed by atoms with Gasteiger partial charge in [0, 0.05) is 6.42 Å². The van der Waals surface area contributed by atoms with Gasteiger partial charge in [0.05, 0.1) is 32.0 Å². The molecule has 0 bridgehead atoms. The van der Waals surface area contributed by atoms with E-state index in [2.05, 4.69) is 104 Å². The van der Waals surface area contributed by atoms with Gasteiger partial charge in [-0.05, 0) is 83.5 Å². The molecule has 1 amide bonds. The zero-order valence-corrected chi connectivity index (χ0v) is 52.4. The van der Waals surface area contributed by atoms with Crippen molar-refractivity contribution in [1.29, 1.82) is 0 Å². The lowest BCUT2D eigenvalue weighted by atomic mass is 9.97. The monoisotopic (exact) mass is 1180 g/mol. The van der Waals surface area contributed by atoms with Gasteiger partial charge in [-0.25, -0.2) is 0 Å². The van der Waals surface area contributed by atoms with E-state index in [0.717, 1.165) is 83.5 Å². The van der Waals surface area contributed by atoms with Gasteiger partial charge >= 0.3 is 0 Å². The zero-order chi connectivity index (χ0) is 60.9. The number of ether oxygens (including phenoxy) is 4. The maximum absolute atomic E-state index is 13.3. The van der Waals surface area contributed by atoms with E-state index in [1.54, 1.807) is 6.08 Å². The number of hydrogen-bond acceptors (Lipinski definition) is 13. The van der Waals surface area contributed by atoms with E-state index in [-0.39, 0.29) is 18.9 Å². The predicted molar refractivity (Wildman–Crippen MR) is 341 cm³/mol. The van der Waals surface area contributed by atoms with Crippen molar-refractivity contribution < 1.29 is 64.6 Å². The van der Waals surface area contributed by atoms with Crippen LogP contribution >= 0.6 is 0 Å². The molecule has 0 aromatic rings. The second-order valence-corrected chi connectivity index (χ2v) is 23.2. The first-order valence-corrected chi connectivity index (χ1v) is 33.5. The molecular weight excluding hydrogens is 1060 g/mol. The second-order valence-electron chi connectivity index (χ2n) is 23.2. The summed E-state index contributed by atoms with van der Waals surface area (Å²) in [5.41, 5.74) is 0. The standard InChI is InChI=1S/C70H121NO13/c1-3-5-7-9-11-13-15-17-19-21-23-25-27-28-29-30-32-34-36-38-40-42-44-46-48-50-52-54-62(75)71-58(57-81-69-67(80)65(78)68(61(56-73)83-69)84-70-66(79)64(77)63(76)60(55-72)82-70)59(74)53-51-49-47-45-43-41-39-37-35-33-31-26-24-22-20-18-16-14-12-10-8-6-4-2/h5,7,11,13,17,19,23,25,28-29,32,34,43,45,51,53,58-61,63-70,72-74,76-80H,3-4,6,8-10,12,14-16,18,20-22,24,26-27,30-31,33,35-42,44,46-50,52,54-57H2,1-2H3,(H,71,75)/b7-5-,13-11-,19-17-,25-23-,29-28-,34-32-,45-43+,53-51+. The second kappa shape index (κ2) is 54.1. The van der Waals surface area contributed by atoms with Gasteiger partial charge in [0.1, 0.15) is 48.8 Å². The quantitative estimate of drug-likeness (QED) is 0.0204. The van der Waals surface area contributed by atoms with E-state index >= 15 is 0 Å². The number of aliphatic hydroxyl groups excluding tert-OH is 8. The molecule has 0 spiro atoms. The Morgan fingerprint density at radius 3 is 1.31 bits per heavy atom. The molecule has 2 rings (SSSR count). The van der Waals surface area contributed by atoms with Gasteiger partial charge in [0.25, 0.3) is 0 Å². The number of rotatable bonds is 53. The molecular formula is C70H121NO13. The third kappa shape index (κ3) is 38.2. The molecule has 14 heteroatoms. The average Bonchev–Trinajstić information content (AvgIpc) is 3.62. The molecule has 0 saturated carbocycles. The largest absolute Gasteiger partial charge is 0.394 e. The first-order valence-electron chi connectivity index (χ1n) is 33.5. The highest BCUT2D eigenvalue weighted by Crippen LogP contribution is 2.30. The van der Waals surface area contributed by atoms with Gasteiger partial charge in [0.15, 0.2) is 12.6 Å². The van der Waals surface area contributed by atoms with Crippen molar-refractivity contribution in [3.05, 3.63) is 97.2 Å². The first-order chi connectivity index (χ1) is 41.1. The van der Waals surface area contributed by atoms with Crippen molar-refractivity contribution in [2.24, 2.45) is 0 Å².